The number of nitrogens with zero attached hydrogens (tertiary/aromatic N) is 3. The van der Waals surface area contributed by atoms with Crippen molar-refractivity contribution >= 4 is 5.95 Å². The van der Waals surface area contributed by atoms with E-state index in [0.29, 0.717) is 12.1 Å². The van der Waals surface area contributed by atoms with Gasteiger partial charge in [0.05, 0.1) is 0 Å². The van der Waals surface area contributed by atoms with Crippen LogP contribution in [0.4, 0.5) is 5.95 Å². The molecule has 18 heavy (non-hydrogen) atoms. The lowest BCUT2D eigenvalue weighted by Gasteiger charge is -2.29. The number of anilines is 1. The number of hydrogen-bond donors (Lipinski definition) is 1. The molecule has 1 aromatic rings. The Morgan fingerprint density at radius 1 is 1.33 bits per heavy atom. The van der Waals surface area contributed by atoms with Crippen LogP contribution >= 0.6 is 0 Å². The standard InChI is InChI=1S/C14H24N4/c1-10(2)18(9-13-6-5-7-15-13)14-16-11(3)8-12(4)17-14/h8,10,13,15H,5-7,9H2,1-4H3. The highest BCUT2D eigenvalue weighted by molar-refractivity contribution is 5.33. The largest absolute Gasteiger partial charge is 0.337 e. The first-order valence-corrected chi connectivity index (χ1v) is 6.88. The summed E-state index contributed by atoms with van der Waals surface area (Å²) in [4.78, 5) is 11.5. The average molecular weight is 248 g/mol. The fraction of sp³-hybridized carbons (Fsp3) is 0.714. The van der Waals surface area contributed by atoms with E-state index >= 15 is 0 Å². The van der Waals surface area contributed by atoms with Gasteiger partial charge in [-0.2, -0.15) is 0 Å². The predicted octanol–water partition coefficient (Wildman–Crippen LogP) is 2.06. The van der Waals surface area contributed by atoms with Gasteiger partial charge in [-0.05, 0) is 53.1 Å². The molecule has 1 saturated heterocycles. The summed E-state index contributed by atoms with van der Waals surface area (Å²) in [5, 5.41) is 3.54. The van der Waals surface area contributed by atoms with Crippen molar-refractivity contribution in [2.24, 2.45) is 0 Å². The van der Waals surface area contributed by atoms with Gasteiger partial charge in [0, 0.05) is 30.0 Å². The Morgan fingerprint density at radius 3 is 2.50 bits per heavy atom. The Hall–Kier alpha value is -1.16. The van der Waals surface area contributed by atoms with E-state index in [2.05, 4.69) is 34.0 Å². The van der Waals surface area contributed by atoms with Crippen LogP contribution in [0.1, 0.15) is 38.1 Å². The summed E-state index contributed by atoms with van der Waals surface area (Å²) >= 11 is 0. The zero-order chi connectivity index (χ0) is 13.1. The number of rotatable bonds is 4. The fourth-order valence-electron chi connectivity index (χ4n) is 2.51. The van der Waals surface area contributed by atoms with Crippen LogP contribution < -0.4 is 10.2 Å². The highest BCUT2D eigenvalue weighted by atomic mass is 15.3. The summed E-state index contributed by atoms with van der Waals surface area (Å²) < 4.78 is 0. The third-order valence-corrected chi connectivity index (χ3v) is 3.43. The van der Waals surface area contributed by atoms with Gasteiger partial charge >= 0.3 is 0 Å². The van der Waals surface area contributed by atoms with Crippen molar-refractivity contribution < 1.29 is 0 Å². The highest BCUT2D eigenvalue weighted by Crippen LogP contribution is 2.16. The van der Waals surface area contributed by atoms with E-state index in [9.17, 15) is 0 Å². The summed E-state index contributed by atoms with van der Waals surface area (Å²) in [6, 6.07) is 3.03. The van der Waals surface area contributed by atoms with E-state index in [-0.39, 0.29) is 0 Å². The van der Waals surface area contributed by atoms with Crippen molar-refractivity contribution in [3.63, 3.8) is 0 Å². The van der Waals surface area contributed by atoms with Crippen LogP contribution in [0.25, 0.3) is 0 Å². The van der Waals surface area contributed by atoms with Gasteiger partial charge in [0.1, 0.15) is 0 Å². The molecule has 2 rings (SSSR count). The third-order valence-electron chi connectivity index (χ3n) is 3.43. The Bertz CT molecular complexity index is 377. The summed E-state index contributed by atoms with van der Waals surface area (Å²) in [5.74, 6) is 0.871. The van der Waals surface area contributed by atoms with Gasteiger partial charge in [0.15, 0.2) is 0 Å². The Kier molecular flexibility index (Phi) is 4.17. The van der Waals surface area contributed by atoms with Gasteiger partial charge in [0.2, 0.25) is 5.95 Å². The van der Waals surface area contributed by atoms with Gasteiger partial charge in [-0.1, -0.05) is 0 Å². The lowest BCUT2D eigenvalue weighted by atomic mass is 10.2. The van der Waals surface area contributed by atoms with Gasteiger partial charge < -0.3 is 10.2 Å². The van der Waals surface area contributed by atoms with E-state index in [1.165, 1.54) is 12.8 Å². The molecule has 0 spiro atoms. The number of hydrogen-bond acceptors (Lipinski definition) is 4. The second kappa shape index (κ2) is 5.65. The van der Waals surface area contributed by atoms with Gasteiger partial charge in [-0.25, -0.2) is 9.97 Å². The lowest BCUT2D eigenvalue weighted by molar-refractivity contribution is 0.543. The molecule has 1 N–H and O–H groups in total. The molecule has 1 aromatic heterocycles. The second-order valence-electron chi connectivity index (χ2n) is 5.49. The van der Waals surface area contributed by atoms with Crippen LogP contribution in [0.3, 0.4) is 0 Å². The van der Waals surface area contributed by atoms with E-state index < -0.39 is 0 Å². The monoisotopic (exact) mass is 248 g/mol. The predicted molar refractivity (Wildman–Crippen MR) is 75.0 cm³/mol. The van der Waals surface area contributed by atoms with Crippen molar-refractivity contribution in [3.8, 4) is 0 Å². The molecule has 0 aliphatic carbocycles. The normalized spacial score (nSPS) is 19.5. The first-order valence-electron chi connectivity index (χ1n) is 6.88. The minimum atomic E-state index is 0.425. The van der Waals surface area contributed by atoms with Crippen molar-refractivity contribution in [3.05, 3.63) is 17.5 Å². The minimum absolute atomic E-state index is 0.425. The summed E-state index contributed by atoms with van der Waals surface area (Å²) in [6.45, 7) is 10.6. The van der Waals surface area contributed by atoms with Crippen LogP contribution in [-0.4, -0.2) is 35.1 Å². The van der Waals surface area contributed by atoms with Crippen molar-refractivity contribution in [1.29, 1.82) is 0 Å². The molecule has 0 saturated carbocycles. The molecule has 0 aromatic carbocycles. The van der Waals surface area contributed by atoms with E-state index in [0.717, 1.165) is 30.4 Å². The van der Waals surface area contributed by atoms with E-state index in [4.69, 9.17) is 0 Å². The smallest absolute Gasteiger partial charge is 0.226 e. The first kappa shape index (κ1) is 13.3. The molecule has 4 nitrogen and oxygen atoms in total. The quantitative estimate of drug-likeness (QED) is 0.885. The molecule has 1 atom stereocenters. The van der Waals surface area contributed by atoms with Gasteiger partial charge in [-0.3, -0.25) is 0 Å². The fourth-order valence-corrected chi connectivity index (χ4v) is 2.51. The van der Waals surface area contributed by atoms with Crippen LogP contribution in [-0.2, 0) is 0 Å². The summed E-state index contributed by atoms with van der Waals surface area (Å²) in [7, 11) is 0. The number of nitrogens with one attached hydrogen (secondary N) is 1. The molecule has 1 aliphatic heterocycles. The Morgan fingerprint density at radius 2 is 2.00 bits per heavy atom. The lowest BCUT2D eigenvalue weighted by Crippen LogP contribution is -2.42. The molecule has 0 bridgehead atoms. The Labute approximate surface area is 110 Å². The van der Waals surface area contributed by atoms with Gasteiger partial charge in [-0.15, -0.1) is 0 Å². The van der Waals surface area contributed by atoms with Crippen LogP contribution in [0.5, 0.6) is 0 Å². The molecule has 2 heterocycles. The zero-order valence-electron chi connectivity index (χ0n) is 11.9. The van der Waals surface area contributed by atoms with E-state index in [1.54, 1.807) is 0 Å². The topological polar surface area (TPSA) is 41.1 Å². The minimum Gasteiger partial charge on any atom is -0.337 e. The first-order chi connectivity index (χ1) is 8.56. The SMILES string of the molecule is Cc1cc(C)nc(N(CC2CCCN2)C(C)C)n1. The maximum atomic E-state index is 4.58. The van der Waals surface area contributed by atoms with Crippen LogP contribution in [0.15, 0.2) is 6.07 Å². The van der Waals surface area contributed by atoms with Crippen molar-refractivity contribution in [2.45, 2.75) is 52.6 Å². The maximum Gasteiger partial charge on any atom is 0.226 e. The Balaban J connectivity index is 2.17. The molecule has 1 fully saturated rings. The maximum absolute atomic E-state index is 4.58. The van der Waals surface area contributed by atoms with Crippen LogP contribution in [0, 0.1) is 13.8 Å². The third kappa shape index (κ3) is 3.19. The van der Waals surface area contributed by atoms with Crippen molar-refractivity contribution in [2.75, 3.05) is 18.0 Å². The van der Waals surface area contributed by atoms with Crippen LogP contribution in [0.2, 0.25) is 0 Å². The number of aryl methyl sites for hydroxylation is 2. The molecule has 0 radical (unpaired) electrons. The highest BCUT2D eigenvalue weighted by Gasteiger charge is 2.21. The second-order valence-corrected chi connectivity index (χ2v) is 5.49. The molecule has 1 aliphatic rings. The molecule has 1 unspecified atom stereocenters. The average Bonchev–Trinajstić information content (AvgIpc) is 2.76. The molecular formula is C14H24N4. The molecule has 0 amide bonds. The van der Waals surface area contributed by atoms with Gasteiger partial charge in [0.25, 0.3) is 0 Å². The molecule has 4 heteroatoms. The molecular weight excluding hydrogens is 224 g/mol. The van der Waals surface area contributed by atoms with E-state index in [1.807, 2.05) is 19.9 Å². The number of aromatic nitrogens is 2. The van der Waals surface area contributed by atoms with Crippen molar-refractivity contribution in [1.82, 2.24) is 15.3 Å². The zero-order valence-corrected chi connectivity index (χ0v) is 11.9. The summed E-state index contributed by atoms with van der Waals surface area (Å²) in [5.41, 5.74) is 2.09. The summed E-state index contributed by atoms with van der Waals surface area (Å²) in [6.07, 6.45) is 2.54. The molecule has 100 valence electrons.